The van der Waals surface area contributed by atoms with E-state index in [1.165, 1.54) is 0 Å². The summed E-state index contributed by atoms with van der Waals surface area (Å²) in [4.78, 5) is 11.5. The van der Waals surface area contributed by atoms with Crippen molar-refractivity contribution in [2.75, 3.05) is 26.3 Å². The van der Waals surface area contributed by atoms with Crippen LogP contribution < -0.4 is 16.4 Å². The molecule has 2 unspecified atom stereocenters. The van der Waals surface area contributed by atoms with E-state index in [0.29, 0.717) is 25.6 Å². The maximum Gasteiger partial charge on any atom is 0.315 e. The Morgan fingerprint density at radius 1 is 1.62 bits per heavy atom. The van der Waals surface area contributed by atoms with Crippen molar-refractivity contribution < 1.29 is 9.53 Å². The van der Waals surface area contributed by atoms with E-state index in [1.807, 2.05) is 0 Å². The zero-order chi connectivity index (χ0) is 11.8. The SMILES string of the molecule is CCC(CCN)CNC(=O)NC1CCOC1. The summed E-state index contributed by atoms with van der Waals surface area (Å²) < 4.78 is 5.18. The molecule has 2 amide bonds. The Morgan fingerprint density at radius 2 is 2.44 bits per heavy atom. The molecule has 94 valence electrons. The van der Waals surface area contributed by atoms with Gasteiger partial charge in [0.25, 0.3) is 0 Å². The summed E-state index contributed by atoms with van der Waals surface area (Å²) in [6, 6.07) is 0.0838. The van der Waals surface area contributed by atoms with Gasteiger partial charge in [-0.3, -0.25) is 0 Å². The van der Waals surface area contributed by atoms with E-state index in [2.05, 4.69) is 17.6 Å². The van der Waals surface area contributed by atoms with Gasteiger partial charge >= 0.3 is 6.03 Å². The fraction of sp³-hybridized carbons (Fsp3) is 0.909. The second-order valence-electron chi connectivity index (χ2n) is 4.27. The smallest absolute Gasteiger partial charge is 0.315 e. The first-order chi connectivity index (χ1) is 7.76. The van der Waals surface area contributed by atoms with Crippen molar-refractivity contribution in [1.29, 1.82) is 0 Å². The third-order valence-corrected chi connectivity index (χ3v) is 2.97. The number of ether oxygens (including phenoxy) is 1. The number of hydrogen-bond donors (Lipinski definition) is 3. The average molecular weight is 229 g/mol. The van der Waals surface area contributed by atoms with E-state index in [-0.39, 0.29) is 12.1 Å². The molecule has 16 heavy (non-hydrogen) atoms. The van der Waals surface area contributed by atoms with Crippen LogP contribution in [0.2, 0.25) is 0 Å². The Morgan fingerprint density at radius 3 is 3.00 bits per heavy atom. The average Bonchev–Trinajstić information content (AvgIpc) is 2.76. The van der Waals surface area contributed by atoms with Gasteiger partial charge in [0.15, 0.2) is 0 Å². The van der Waals surface area contributed by atoms with Gasteiger partial charge in [-0.25, -0.2) is 4.79 Å². The monoisotopic (exact) mass is 229 g/mol. The molecular formula is C11H23N3O2. The first-order valence-corrected chi connectivity index (χ1v) is 6.08. The van der Waals surface area contributed by atoms with Crippen molar-refractivity contribution in [2.24, 2.45) is 11.7 Å². The quantitative estimate of drug-likeness (QED) is 0.619. The van der Waals surface area contributed by atoms with Crippen LogP contribution in [0.4, 0.5) is 4.79 Å². The number of amides is 2. The molecule has 0 spiro atoms. The van der Waals surface area contributed by atoms with Crippen molar-refractivity contribution in [2.45, 2.75) is 32.2 Å². The van der Waals surface area contributed by atoms with Gasteiger partial charge in [-0.2, -0.15) is 0 Å². The van der Waals surface area contributed by atoms with Crippen molar-refractivity contribution >= 4 is 6.03 Å². The number of nitrogens with two attached hydrogens (primary N) is 1. The lowest BCUT2D eigenvalue weighted by molar-refractivity contribution is 0.188. The molecule has 1 fully saturated rings. The van der Waals surface area contributed by atoms with Crippen molar-refractivity contribution in [3.05, 3.63) is 0 Å². The van der Waals surface area contributed by atoms with Crippen molar-refractivity contribution in [3.8, 4) is 0 Å². The van der Waals surface area contributed by atoms with Crippen LogP contribution in [0, 0.1) is 5.92 Å². The minimum Gasteiger partial charge on any atom is -0.379 e. The summed E-state index contributed by atoms with van der Waals surface area (Å²) in [7, 11) is 0. The van der Waals surface area contributed by atoms with E-state index in [1.54, 1.807) is 0 Å². The highest BCUT2D eigenvalue weighted by atomic mass is 16.5. The molecule has 0 saturated carbocycles. The van der Waals surface area contributed by atoms with E-state index >= 15 is 0 Å². The molecule has 1 rings (SSSR count). The first-order valence-electron chi connectivity index (χ1n) is 6.08. The highest BCUT2D eigenvalue weighted by Crippen LogP contribution is 2.05. The van der Waals surface area contributed by atoms with Gasteiger partial charge in [-0.05, 0) is 25.3 Å². The van der Waals surface area contributed by atoms with E-state index < -0.39 is 0 Å². The molecule has 0 aromatic heterocycles. The summed E-state index contributed by atoms with van der Waals surface area (Å²) in [5.74, 6) is 0.482. The summed E-state index contributed by atoms with van der Waals surface area (Å²) >= 11 is 0. The molecule has 1 aliphatic heterocycles. The molecule has 0 aliphatic carbocycles. The molecule has 2 atom stereocenters. The van der Waals surface area contributed by atoms with Gasteiger partial charge in [0.05, 0.1) is 12.6 Å². The van der Waals surface area contributed by atoms with E-state index in [0.717, 1.165) is 25.9 Å². The van der Waals surface area contributed by atoms with Gasteiger partial charge in [0.1, 0.15) is 0 Å². The van der Waals surface area contributed by atoms with Gasteiger partial charge in [0, 0.05) is 13.2 Å². The number of rotatable bonds is 6. The second-order valence-corrected chi connectivity index (χ2v) is 4.27. The third kappa shape index (κ3) is 4.81. The molecule has 4 N–H and O–H groups in total. The Labute approximate surface area is 97.1 Å². The normalized spacial score (nSPS) is 21.8. The molecule has 5 nitrogen and oxygen atoms in total. The standard InChI is InChI=1S/C11H23N3O2/c1-2-9(3-5-12)7-13-11(15)14-10-4-6-16-8-10/h9-10H,2-8,12H2,1H3,(H2,13,14,15). The zero-order valence-electron chi connectivity index (χ0n) is 10.00. The lowest BCUT2D eigenvalue weighted by atomic mass is 10.0. The first kappa shape index (κ1) is 13.3. The van der Waals surface area contributed by atoms with Crippen molar-refractivity contribution in [1.82, 2.24) is 10.6 Å². The van der Waals surface area contributed by atoms with E-state index in [4.69, 9.17) is 10.5 Å². The van der Waals surface area contributed by atoms with Crippen LogP contribution >= 0.6 is 0 Å². The number of carbonyl (C=O) groups excluding carboxylic acids is 1. The lowest BCUT2D eigenvalue weighted by Crippen LogP contribution is -2.44. The van der Waals surface area contributed by atoms with Gasteiger partial charge in [-0.1, -0.05) is 13.3 Å². The topological polar surface area (TPSA) is 76.4 Å². The largest absolute Gasteiger partial charge is 0.379 e. The van der Waals surface area contributed by atoms with Crippen LogP contribution in [0.5, 0.6) is 0 Å². The van der Waals surface area contributed by atoms with E-state index in [9.17, 15) is 4.79 Å². The Hall–Kier alpha value is -0.810. The second kappa shape index (κ2) is 7.46. The molecule has 1 saturated heterocycles. The maximum absolute atomic E-state index is 11.5. The Bertz CT molecular complexity index is 205. The van der Waals surface area contributed by atoms with Gasteiger partial charge in [-0.15, -0.1) is 0 Å². The number of carbonyl (C=O) groups is 1. The molecule has 0 bridgehead atoms. The number of urea groups is 1. The molecule has 0 aromatic rings. The maximum atomic E-state index is 11.5. The van der Waals surface area contributed by atoms with Crippen LogP contribution in [0.25, 0.3) is 0 Å². The minimum absolute atomic E-state index is 0.0917. The lowest BCUT2D eigenvalue weighted by Gasteiger charge is -2.16. The van der Waals surface area contributed by atoms with Crippen molar-refractivity contribution in [3.63, 3.8) is 0 Å². The zero-order valence-corrected chi connectivity index (χ0v) is 10.00. The van der Waals surface area contributed by atoms with Crippen LogP contribution in [-0.2, 0) is 4.74 Å². The molecule has 0 radical (unpaired) electrons. The molecule has 5 heteroatoms. The predicted octanol–water partition coefficient (Wildman–Crippen LogP) is 0.450. The number of hydrogen-bond acceptors (Lipinski definition) is 3. The fourth-order valence-corrected chi connectivity index (χ4v) is 1.81. The van der Waals surface area contributed by atoms with Crippen LogP contribution in [0.1, 0.15) is 26.2 Å². The summed E-state index contributed by atoms with van der Waals surface area (Å²) in [5.41, 5.74) is 5.50. The predicted molar refractivity (Wildman–Crippen MR) is 63.2 cm³/mol. The number of nitrogens with one attached hydrogen (secondary N) is 2. The van der Waals surface area contributed by atoms with Gasteiger partial charge in [0.2, 0.25) is 0 Å². The highest BCUT2D eigenvalue weighted by Gasteiger charge is 2.17. The molecule has 1 heterocycles. The highest BCUT2D eigenvalue weighted by molar-refractivity contribution is 5.74. The minimum atomic E-state index is -0.0917. The Balaban J connectivity index is 2.12. The summed E-state index contributed by atoms with van der Waals surface area (Å²) in [5, 5.41) is 5.78. The fourth-order valence-electron chi connectivity index (χ4n) is 1.81. The summed E-state index contributed by atoms with van der Waals surface area (Å²) in [6.07, 6.45) is 2.92. The third-order valence-electron chi connectivity index (χ3n) is 2.97. The summed E-state index contributed by atoms with van der Waals surface area (Å²) in [6.45, 7) is 4.87. The Kier molecular flexibility index (Phi) is 6.18. The molecular weight excluding hydrogens is 206 g/mol. The molecule has 1 aliphatic rings. The van der Waals surface area contributed by atoms with Crippen LogP contribution in [0.3, 0.4) is 0 Å². The molecule has 0 aromatic carbocycles. The van der Waals surface area contributed by atoms with Gasteiger partial charge < -0.3 is 21.1 Å². The van der Waals surface area contributed by atoms with Crippen LogP contribution in [0.15, 0.2) is 0 Å². The van der Waals surface area contributed by atoms with Crippen LogP contribution in [-0.4, -0.2) is 38.4 Å².